The Bertz CT molecular complexity index is 529. The molecular weight excluding hydrogens is 214 g/mol. The van der Waals surface area contributed by atoms with Gasteiger partial charge < -0.3 is 10.5 Å². The average molecular weight is 229 g/mol. The second-order valence-electron chi connectivity index (χ2n) is 4.52. The SMILES string of the molecule is NC1CCC(Oc2ncc3ccccc3n2)C1. The van der Waals surface area contributed by atoms with Gasteiger partial charge in [-0.2, -0.15) is 4.98 Å². The van der Waals surface area contributed by atoms with Gasteiger partial charge in [0.05, 0.1) is 5.52 Å². The lowest BCUT2D eigenvalue weighted by atomic mass is 10.2. The molecule has 1 heterocycles. The van der Waals surface area contributed by atoms with E-state index in [9.17, 15) is 0 Å². The molecule has 1 aliphatic carbocycles. The standard InChI is InChI=1S/C13H15N3O/c14-10-5-6-11(7-10)17-13-15-8-9-3-1-2-4-12(9)16-13/h1-4,8,10-11H,5-7,14H2. The van der Waals surface area contributed by atoms with Crippen LogP contribution in [0.15, 0.2) is 30.5 Å². The highest BCUT2D eigenvalue weighted by molar-refractivity contribution is 5.77. The maximum Gasteiger partial charge on any atom is 0.317 e. The van der Waals surface area contributed by atoms with Gasteiger partial charge in [0.15, 0.2) is 0 Å². The van der Waals surface area contributed by atoms with Crippen molar-refractivity contribution in [2.24, 2.45) is 5.73 Å². The first kappa shape index (κ1) is 10.5. The van der Waals surface area contributed by atoms with E-state index in [4.69, 9.17) is 10.5 Å². The van der Waals surface area contributed by atoms with Gasteiger partial charge in [0.2, 0.25) is 0 Å². The molecule has 17 heavy (non-hydrogen) atoms. The monoisotopic (exact) mass is 229 g/mol. The van der Waals surface area contributed by atoms with Crippen molar-refractivity contribution in [2.45, 2.75) is 31.4 Å². The Balaban J connectivity index is 1.81. The molecule has 0 aliphatic heterocycles. The lowest BCUT2D eigenvalue weighted by Gasteiger charge is -2.11. The van der Waals surface area contributed by atoms with E-state index in [-0.39, 0.29) is 12.1 Å². The summed E-state index contributed by atoms with van der Waals surface area (Å²) < 4.78 is 5.75. The van der Waals surface area contributed by atoms with E-state index >= 15 is 0 Å². The summed E-state index contributed by atoms with van der Waals surface area (Å²) in [5.41, 5.74) is 6.76. The van der Waals surface area contributed by atoms with Crippen LogP contribution in [0, 0.1) is 0 Å². The van der Waals surface area contributed by atoms with Crippen LogP contribution in [0.2, 0.25) is 0 Å². The lowest BCUT2D eigenvalue weighted by Crippen LogP contribution is -2.19. The third kappa shape index (κ3) is 2.22. The molecule has 3 rings (SSSR count). The predicted molar refractivity (Wildman–Crippen MR) is 65.8 cm³/mol. The molecule has 2 aromatic rings. The number of nitrogens with zero attached hydrogens (tertiary/aromatic N) is 2. The molecule has 2 atom stereocenters. The number of nitrogens with two attached hydrogens (primary N) is 1. The molecule has 4 nitrogen and oxygen atoms in total. The van der Waals surface area contributed by atoms with E-state index in [1.54, 1.807) is 6.20 Å². The Labute approximate surface area is 99.8 Å². The fourth-order valence-corrected chi connectivity index (χ4v) is 2.24. The van der Waals surface area contributed by atoms with Crippen LogP contribution in [0.5, 0.6) is 6.01 Å². The highest BCUT2D eigenvalue weighted by Crippen LogP contribution is 2.22. The van der Waals surface area contributed by atoms with E-state index in [0.29, 0.717) is 6.01 Å². The number of rotatable bonds is 2. The molecule has 0 saturated heterocycles. The normalized spacial score (nSPS) is 24.1. The smallest absolute Gasteiger partial charge is 0.317 e. The maximum absolute atomic E-state index is 5.85. The van der Waals surface area contributed by atoms with Gasteiger partial charge in [-0.3, -0.25) is 0 Å². The summed E-state index contributed by atoms with van der Waals surface area (Å²) >= 11 is 0. The van der Waals surface area contributed by atoms with Crippen LogP contribution in [0.25, 0.3) is 10.9 Å². The minimum atomic E-state index is 0.172. The molecule has 0 spiro atoms. The van der Waals surface area contributed by atoms with Crippen LogP contribution in [-0.2, 0) is 0 Å². The van der Waals surface area contributed by atoms with Gasteiger partial charge in [0.25, 0.3) is 0 Å². The highest BCUT2D eigenvalue weighted by Gasteiger charge is 2.23. The van der Waals surface area contributed by atoms with Crippen molar-refractivity contribution in [2.75, 3.05) is 0 Å². The van der Waals surface area contributed by atoms with Gasteiger partial charge >= 0.3 is 6.01 Å². The van der Waals surface area contributed by atoms with Crippen molar-refractivity contribution in [1.29, 1.82) is 0 Å². The Morgan fingerprint density at radius 1 is 1.24 bits per heavy atom. The summed E-state index contributed by atoms with van der Waals surface area (Å²) in [6.45, 7) is 0. The Morgan fingerprint density at radius 3 is 2.94 bits per heavy atom. The van der Waals surface area contributed by atoms with Gasteiger partial charge in [0.1, 0.15) is 6.10 Å². The number of aromatic nitrogens is 2. The number of hydrogen-bond acceptors (Lipinski definition) is 4. The summed E-state index contributed by atoms with van der Waals surface area (Å²) in [6, 6.07) is 8.62. The van der Waals surface area contributed by atoms with Crippen LogP contribution in [-0.4, -0.2) is 22.1 Å². The van der Waals surface area contributed by atoms with E-state index in [1.807, 2.05) is 24.3 Å². The first-order valence-corrected chi connectivity index (χ1v) is 5.95. The first-order chi connectivity index (χ1) is 8.31. The highest BCUT2D eigenvalue weighted by atomic mass is 16.5. The van der Waals surface area contributed by atoms with Gasteiger partial charge in [0, 0.05) is 17.6 Å². The minimum Gasteiger partial charge on any atom is -0.460 e. The number of para-hydroxylation sites is 1. The van der Waals surface area contributed by atoms with Gasteiger partial charge in [-0.05, 0) is 25.3 Å². The molecule has 1 aliphatic rings. The summed E-state index contributed by atoms with van der Waals surface area (Å²) in [7, 11) is 0. The van der Waals surface area contributed by atoms with Gasteiger partial charge in [-0.1, -0.05) is 18.2 Å². The zero-order chi connectivity index (χ0) is 11.7. The zero-order valence-corrected chi connectivity index (χ0v) is 9.54. The maximum atomic E-state index is 5.85. The van der Waals surface area contributed by atoms with Crippen molar-refractivity contribution in [1.82, 2.24) is 9.97 Å². The fraction of sp³-hybridized carbons (Fsp3) is 0.385. The topological polar surface area (TPSA) is 61.0 Å². The predicted octanol–water partition coefficient (Wildman–Crippen LogP) is 1.89. The summed E-state index contributed by atoms with van der Waals surface area (Å²) in [5, 5.41) is 1.03. The molecule has 2 N–H and O–H groups in total. The number of benzene rings is 1. The van der Waals surface area contributed by atoms with Crippen molar-refractivity contribution in [3.63, 3.8) is 0 Å². The van der Waals surface area contributed by atoms with Crippen LogP contribution >= 0.6 is 0 Å². The van der Waals surface area contributed by atoms with Crippen molar-refractivity contribution >= 4 is 10.9 Å². The Morgan fingerprint density at radius 2 is 2.12 bits per heavy atom. The lowest BCUT2D eigenvalue weighted by molar-refractivity contribution is 0.191. The second kappa shape index (κ2) is 4.30. The number of fused-ring (bicyclic) bond motifs is 1. The molecule has 0 radical (unpaired) electrons. The molecule has 0 bridgehead atoms. The molecule has 1 fully saturated rings. The van der Waals surface area contributed by atoms with Crippen molar-refractivity contribution < 1.29 is 4.74 Å². The Hall–Kier alpha value is -1.68. The number of hydrogen-bond donors (Lipinski definition) is 1. The van der Waals surface area contributed by atoms with E-state index in [0.717, 1.165) is 30.2 Å². The molecule has 2 unspecified atom stereocenters. The third-order valence-electron chi connectivity index (χ3n) is 3.16. The molecule has 1 saturated carbocycles. The van der Waals surface area contributed by atoms with Gasteiger partial charge in [-0.15, -0.1) is 0 Å². The van der Waals surface area contributed by atoms with Crippen LogP contribution in [0.3, 0.4) is 0 Å². The van der Waals surface area contributed by atoms with E-state index in [1.165, 1.54) is 0 Å². The second-order valence-corrected chi connectivity index (χ2v) is 4.52. The van der Waals surface area contributed by atoms with Crippen LogP contribution < -0.4 is 10.5 Å². The summed E-state index contributed by atoms with van der Waals surface area (Å²) in [4.78, 5) is 8.61. The molecule has 1 aromatic carbocycles. The molecule has 1 aromatic heterocycles. The fourth-order valence-electron chi connectivity index (χ4n) is 2.24. The largest absolute Gasteiger partial charge is 0.460 e. The summed E-state index contributed by atoms with van der Waals surface area (Å²) in [5.74, 6) is 0. The average Bonchev–Trinajstić information content (AvgIpc) is 2.75. The van der Waals surface area contributed by atoms with Crippen molar-refractivity contribution in [3.05, 3.63) is 30.5 Å². The molecule has 0 amide bonds. The zero-order valence-electron chi connectivity index (χ0n) is 9.54. The minimum absolute atomic E-state index is 0.172. The Kier molecular flexibility index (Phi) is 2.65. The van der Waals surface area contributed by atoms with E-state index < -0.39 is 0 Å². The summed E-state index contributed by atoms with van der Waals surface area (Å²) in [6.07, 6.45) is 4.89. The first-order valence-electron chi connectivity index (χ1n) is 5.95. The van der Waals surface area contributed by atoms with E-state index in [2.05, 4.69) is 9.97 Å². The quantitative estimate of drug-likeness (QED) is 0.854. The molecular formula is C13H15N3O. The van der Waals surface area contributed by atoms with Gasteiger partial charge in [-0.25, -0.2) is 4.98 Å². The molecule has 4 heteroatoms. The van der Waals surface area contributed by atoms with Crippen molar-refractivity contribution in [3.8, 4) is 6.01 Å². The third-order valence-corrected chi connectivity index (χ3v) is 3.16. The van der Waals surface area contributed by atoms with Crippen LogP contribution in [0.1, 0.15) is 19.3 Å². The van der Waals surface area contributed by atoms with Crippen LogP contribution in [0.4, 0.5) is 0 Å². The number of ether oxygens (including phenoxy) is 1. The molecule has 88 valence electrons.